The topological polar surface area (TPSA) is 76.2 Å². The maximum Gasteiger partial charge on any atom is 0.197 e. The van der Waals surface area contributed by atoms with Crippen molar-refractivity contribution in [2.24, 2.45) is 0 Å². The van der Waals surface area contributed by atoms with Crippen LogP contribution in [0.4, 0.5) is 0 Å². The molecule has 0 aliphatic heterocycles. The summed E-state index contributed by atoms with van der Waals surface area (Å²) in [7, 11) is 0. The smallest absolute Gasteiger partial charge is 0.197 e. The first kappa shape index (κ1) is 9.01. The lowest BCUT2D eigenvalue weighted by Gasteiger charge is -2.14. The number of fused-ring (bicyclic) bond motifs is 1. The molecule has 14 heavy (non-hydrogen) atoms. The Morgan fingerprint density at radius 2 is 2.14 bits per heavy atom. The van der Waals surface area contributed by atoms with Crippen LogP contribution in [0.3, 0.4) is 0 Å². The van der Waals surface area contributed by atoms with Gasteiger partial charge in [0.25, 0.3) is 0 Å². The second-order valence-electron chi connectivity index (χ2n) is 3.31. The van der Waals surface area contributed by atoms with Gasteiger partial charge in [0.15, 0.2) is 5.65 Å². The number of hydrogen-bond acceptors (Lipinski definition) is 5. The van der Waals surface area contributed by atoms with Crippen LogP contribution in [0.15, 0.2) is 12.4 Å². The van der Waals surface area contributed by atoms with Gasteiger partial charge in [0.1, 0.15) is 0 Å². The van der Waals surface area contributed by atoms with Gasteiger partial charge in [-0.25, -0.2) is 0 Å². The normalized spacial score (nSPS) is 15.6. The summed E-state index contributed by atoms with van der Waals surface area (Å²) < 4.78 is 1.59. The van der Waals surface area contributed by atoms with Gasteiger partial charge in [-0.1, -0.05) is 6.92 Å². The molecule has 0 aliphatic rings. The number of rotatable bonds is 2. The number of hydrogen-bond donors (Lipinski definition) is 1. The SMILES string of the molecule is CC(O)C(C)c1cncc2nnnn12. The molecule has 0 aliphatic carbocycles. The van der Waals surface area contributed by atoms with E-state index in [0.29, 0.717) is 5.65 Å². The van der Waals surface area contributed by atoms with Crippen molar-refractivity contribution in [3.63, 3.8) is 0 Å². The van der Waals surface area contributed by atoms with E-state index in [1.165, 1.54) is 0 Å². The van der Waals surface area contributed by atoms with Crippen molar-refractivity contribution in [2.75, 3.05) is 0 Å². The first-order chi connectivity index (χ1) is 6.70. The molecule has 2 unspecified atom stereocenters. The molecule has 0 aromatic carbocycles. The van der Waals surface area contributed by atoms with Crippen molar-refractivity contribution in [3.05, 3.63) is 18.1 Å². The molecule has 6 heteroatoms. The van der Waals surface area contributed by atoms with Crippen molar-refractivity contribution < 1.29 is 5.11 Å². The van der Waals surface area contributed by atoms with Gasteiger partial charge in [-0.3, -0.25) is 4.98 Å². The predicted molar refractivity (Wildman–Crippen MR) is 48.7 cm³/mol. The fourth-order valence-corrected chi connectivity index (χ4v) is 1.25. The Hall–Kier alpha value is -1.56. The Morgan fingerprint density at radius 1 is 1.36 bits per heavy atom. The van der Waals surface area contributed by atoms with Gasteiger partial charge in [0, 0.05) is 12.1 Å². The number of aliphatic hydroxyl groups excluding tert-OH is 1. The molecule has 2 aromatic rings. The van der Waals surface area contributed by atoms with Crippen LogP contribution < -0.4 is 0 Å². The molecular weight excluding hydrogens is 182 g/mol. The highest BCUT2D eigenvalue weighted by Gasteiger charge is 2.16. The Labute approximate surface area is 80.6 Å². The Kier molecular flexibility index (Phi) is 2.12. The van der Waals surface area contributed by atoms with E-state index < -0.39 is 6.10 Å². The number of aliphatic hydroxyl groups is 1. The lowest BCUT2D eigenvalue weighted by Crippen LogP contribution is -2.15. The number of tetrazole rings is 1. The minimum atomic E-state index is -0.452. The van der Waals surface area contributed by atoms with Crippen LogP contribution in [0.2, 0.25) is 0 Å². The summed E-state index contributed by atoms with van der Waals surface area (Å²) in [6.07, 6.45) is 2.80. The Morgan fingerprint density at radius 3 is 2.86 bits per heavy atom. The molecule has 0 saturated carbocycles. The van der Waals surface area contributed by atoms with Crippen LogP contribution in [0, 0.1) is 0 Å². The highest BCUT2D eigenvalue weighted by Crippen LogP contribution is 2.17. The zero-order valence-corrected chi connectivity index (χ0v) is 7.99. The van der Waals surface area contributed by atoms with E-state index >= 15 is 0 Å². The van der Waals surface area contributed by atoms with Crippen molar-refractivity contribution in [2.45, 2.75) is 25.9 Å². The summed E-state index contributed by atoms with van der Waals surface area (Å²) in [5, 5.41) is 20.6. The molecule has 2 atom stereocenters. The van der Waals surface area contributed by atoms with Gasteiger partial charge >= 0.3 is 0 Å². The third-order valence-corrected chi connectivity index (χ3v) is 2.33. The molecule has 0 saturated heterocycles. The van der Waals surface area contributed by atoms with Crippen LogP contribution in [-0.2, 0) is 0 Å². The average molecular weight is 193 g/mol. The fourth-order valence-electron chi connectivity index (χ4n) is 1.25. The molecule has 0 spiro atoms. The van der Waals surface area contributed by atoms with Crippen LogP contribution >= 0.6 is 0 Å². The highest BCUT2D eigenvalue weighted by atomic mass is 16.3. The van der Waals surface area contributed by atoms with Gasteiger partial charge in [0.05, 0.1) is 18.0 Å². The lowest BCUT2D eigenvalue weighted by molar-refractivity contribution is 0.166. The summed E-state index contributed by atoms with van der Waals surface area (Å²) in [5.41, 5.74) is 1.40. The first-order valence-electron chi connectivity index (χ1n) is 4.40. The summed E-state index contributed by atoms with van der Waals surface area (Å²) in [5.74, 6) is -0.0466. The maximum atomic E-state index is 9.46. The summed E-state index contributed by atoms with van der Waals surface area (Å²) >= 11 is 0. The van der Waals surface area contributed by atoms with E-state index in [1.807, 2.05) is 6.92 Å². The van der Waals surface area contributed by atoms with E-state index in [1.54, 1.807) is 23.8 Å². The molecule has 0 bridgehead atoms. The van der Waals surface area contributed by atoms with E-state index in [9.17, 15) is 5.11 Å². The van der Waals surface area contributed by atoms with Crippen LogP contribution in [0.1, 0.15) is 25.5 Å². The van der Waals surface area contributed by atoms with Crippen LogP contribution in [-0.4, -0.2) is 36.2 Å². The lowest BCUT2D eigenvalue weighted by atomic mass is 10.0. The van der Waals surface area contributed by atoms with Gasteiger partial charge < -0.3 is 5.11 Å². The van der Waals surface area contributed by atoms with Crippen molar-refractivity contribution in [1.82, 2.24) is 25.0 Å². The predicted octanol–water partition coefficient (Wildman–Crippen LogP) is 0.00360. The second kappa shape index (κ2) is 3.30. The second-order valence-corrected chi connectivity index (χ2v) is 3.31. The van der Waals surface area contributed by atoms with Gasteiger partial charge in [-0.15, -0.1) is 5.10 Å². The minimum Gasteiger partial charge on any atom is -0.393 e. The molecule has 74 valence electrons. The quantitative estimate of drug-likeness (QED) is 0.726. The van der Waals surface area contributed by atoms with Gasteiger partial charge in [-0.05, 0) is 17.4 Å². The van der Waals surface area contributed by atoms with Gasteiger partial charge in [-0.2, -0.15) is 4.52 Å². The first-order valence-corrected chi connectivity index (χ1v) is 4.40. The molecule has 6 nitrogen and oxygen atoms in total. The molecule has 0 radical (unpaired) electrons. The summed E-state index contributed by atoms with van der Waals surface area (Å²) in [4.78, 5) is 4.01. The third kappa shape index (κ3) is 1.33. The molecular formula is C8H11N5O. The fraction of sp³-hybridized carbons (Fsp3) is 0.500. The Balaban J connectivity index is 2.56. The zero-order chi connectivity index (χ0) is 10.1. The minimum absolute atomic E-state index is 0.0466. The molecule has 0 amide bonds. The molecule has 2 rings (SSSR count). The van der Waals surface area contributed by atoms with E-state index in [2.05, 4.69) is 20.5 Å². The molecule has 1 N–H and O–H groups in total. The average Bonchev–Trinajstić information content (AvgIpc) is 2.63. The highest BCUT2D eigenvalue weighted by molar-refractivity contribution is 5.33. The van der Waals surface area contributed by atoms with Crippen LogP contribution in [0.5, 0.6) is 0 Å². The largest absolute Gasteiger partial charge is 0.393 e. The maximum absolute atomic E-state index is 9.46. The summed E-state index contributed by atoms with van der Waals surface area (Å²) in [6, 6.07) is 0. The standard InChI is InChI=1S/C8H11N5O/c1-5(6(2)14)7-3-9-4-8-10-11-12-13(7)8/h3-6,14H,1-2H3. The van der Waals surface area contributed by atoms with E-state index in [-0.39, 0.29) is 5.92 Å². The number of nitrogens with zero attached hydrogens (tertiary/aromatic N) is 5. The third-order valence-electron chi connectivity index (χ3n) is 2.33. The Bertz CT molecular complexity index is 438. The van der Waals surface area contributed by atoms with Crippen molar-refractivity contribution in [1.29, 1.82) is 0 Å². The number of aromatic nitrogens is 5. The molecule has 2 aromatic heterocycles. The summed E-state index contributed by atoms with van der Waals surface area (Å²) in [6.45, 7) is 3.64. The monoisotopic (exact) mass is 193 g/mol. The molecule has 2 heterocycles. The zero-order valence-electron chi connectivity index (χ0n) is 7.99. The van der Waals surface area contributed by atoms with Crippen LogP contribution in [0.25, 0.3) is 5.65 Å². The van der Waals surface area contributed by atoms with Crippen molar-refractivity contribution >= 4 is 5.65 Å². The van der Waals surface area contributed by atoms with E-state index in [0.717, 1.165) is 5.69 Å². The van der Waals surface area contributed by atoms with E-state index in [4.69, 9.17) is 0 Å². The van der Waals surface area contributed by atoms with Gasteiger partial charge in [0.2, 0.25) is 0 Å². The van der Waals surface area contributed by atoms with Crippen molar-refractivity contribution in [3.8, 4) is 0 Å². The molecule has 0 fully saturated rings.